The van der Waals surface area contributed by atoms with Crippen LogP contribution in [-0.4, -0.2) is 0 Å². The van der Waals surface area contributed by atoms with Crippen LogP contribution in [0.2, 0.25) is 5.02 Å². The van der Waals surface area contributed by atoms with E-state index in [2.05, 4.69) is 0 Å². The molecule has 0 amide bonds. The van der Waals surface area contributed by atoms with Crippen molar-refractivity contribution in [2.75, 3.05) is 0 Å². The molecule has 19 heavy (non-hydrogen) atoms. The SMILES string of the molecule is CC(N)c1ccc(OC(C)c2ccccc2)cc1Cl. The van der Waals surface area contributed by atoms with Crippen LogP contribution in [0.15, 0.2) is 48.5 Å². The molecule has 0 saturated carbocycles. The van der Waals surface area contributed by atoms with Gasteiger partial charge >= 0.3 is 0 Å². The highest BCUT2D eigenvalue weighted by molar-refractivity contribution is 6.31. The van der Waals surface area contributed by atoms with E-state index in [0.29, 0.717) is 5.02 Å². The van der Waals surface area contributed by atoms with Gasteiger partial charge in [0, 0.05) is 11.1 Å². The lowest BCUT2D eigenvalue weighted by Crippen LogP contribution is -2.06. The number of hydrogen-bond acceptors (Lipinski definition) is 2. The van der Waals surface area contributed by atoms with E-state index in [9.17, 15) is 0 Å². The minimum atomic E-state index is -0.0758. The Balaban J connectivity index is 2.14. The van der Waals surface area contributed by atoms with Crippen LogP contribution >= 0.6 is 11.6 Å². The van der Waals surface area contributed by atoms with Crippen molar-refractivity contribution < 1.29 is 4.74 Å². The number of rotatable bonds is 4. The van der Waals surface area contributed by atoms with Crippen LogP contribution in [0.5, 0.6) is 5.75 Å². The number of halogens is 1. The van der Waals surface area contributed by atoms with E-state index in [0.717, 1.165) is 16.9 Å². The minimum absolute atomic E-state index is 0.0154. The van der Waals surface area contributed by atoms with Crippen molar-refractivity contribution in [2.24, 2.45) is 5.73 Å². The smallest absolute Gasteiger partial charge is 0.121 e. The first kappa shape index (κ1) is 13.9. The molecule has 2 nitrogen and oxygen atoms in total. The molecule has 0 aliphatic carbocycles. The molecule has 2 unspecified atom stereocenters. The fourth-order valence-electron chi connectivity index (χ4n) is 1.95. The second-order valence-electron chi connectivity index (χ2n) is 4.64. The molecule has 0 bridgehead atoms. The number of hydrogen-bond donors (Lipinski definition) is 1. The summed E-state index contributed by atoms with van der Waals surface area (Å²) in [6.07, 6.45) is -0.0154. The first-order chi connectivity index (χ1) is 9.08. The third-order valence-electron chi connectivity index (χ3n) is 3.04. The molecular formula is C16H18ClNO. The Kier molecular flexibility index (Phi) is 4.46. The van der Waals surface area contributed by atoms with Crippen molar-refractivity contribution in [2.45, 2.75) is 26.0 Å². The van der Waals surface area contributed by atoms with Gasteiger partial charge in [0.05, 0.1) is 0 Å². The molecule has 2 N–H and O–H groups in total. The van der Waals surface area contributed by atoms with Crippen LogP contribution in [0.3, 0.4) is 0 Å². The summed E-state index contributed by atoms with van der Waals surface area (Å²) in [5, 5.41) is 0.646. The Morgan fingerprint density at radius 2 is 1.74 bits per heavy atom. The third-order valence-corrected chi connectivity index (χ3v) is 3.37. The number of nitrogens with two attached hydrogens (primary N) is 1. The maximum Gasteiger partial charge on any atom is 0.121 e. The quantitative estimate of drug-likeness (QED) is 0.892. The zero-order valence-corrected chi connectivity index (χ0v) is 11.9. The molecule has 0 saturated heterocycles. The molecule has 2 rings (SSSR count). The maximum absolute atomic E-state index is 6.19. The van der Waals surface area contributed by atoms with Crippen molar-refractivity contribution in [3.8, 4) is 5.75 Å². The lowest BCUT2D eigenvalue weighted by atomic mass is 10.1. The molecule has 0 fully saturated rings. The van der Waals surface area contributed by atoms with E-state index in [-0.39, 0.29) is 12.1 Å². The van der Waals surface area contributed by atoms with Gasteiger partial charge in [0.1, 0.15) is 11.9 Å². The van der Waals surface area contributed by atoms with Crippen LogP contribution in [0.25, 0.3) is 0 Å². The third kappa shape index (κ3) is 3.49. The van der Waals surface area contributed by atoms with Crippen LogP contribution < -0.4 is 10.5 Å². The summed E-state index contributed by atoms with van der Waals surface area (Å²) in [5.74, 6) is 0.755. The van der Waals surface area contributed by atoms with Gasteiger partial charge in [0.25, 0.3) is 0 Å². The highest BCUT2D eigenvalue weighted by atomic mass is 35.5. The van der Waals surface area contributed by atoms with Crippen molar-refractivity contribution >= 4 is 11.6 Å². The van der Waals surface area contributed by atoms with E-state index in [1.165, 1.54) is 0 Å². The summed E-state index contributed by atoms with van der Waals surface area (Å²) in [6.45, 7) is 3.93. The Morgan fingerprint density at radius 3 is 2.32 bits per heavy atom. The molecule has 100 valence electrons. The van der Waals surface area contributed by atoms with Gasteiger partial charge in [-0.15, -0.1) is 0 Å². The van der Waals surface area contributed by atoms with Crippen molar-refractivity contribution in [3.63, 3.8) is 0 Å². The number of benzene rings is 2. The predicted molar refractivity (Wildman–Crippen MR) is 79.5 cm³/mol. The van der Waals surface area contributed by atoms with E-state index in [1.54, 1.807) is 0 Å². The molecular weight excluding hydrogens is 258 g/mol. The second kappa shape index (κ2) is 6.09. The fourth-order valence-corrected chi connectivity index (χ4v) is 2.29. The summed E-state index contributed by atoms with van der Waals surface area (Å²) in [6, 6.07) is 15.6. The highest BCUT2D eigenvalue weighted by Gasteiger charge is 2.10. The maximum atomic E-state index is 6.19. The first-order valence-electron chi connectivity index (χ1n) is 6.34. The standard InChI is InChI=1S/C16H18ClNO/c1-11(18)15-9-8-14(10-16(15)17)19-12(2)13-6-4-3-5-7-13/h3-12H,18H2,1-2H3. The summed E-state index contributed by atoms with van der Waals surface area (Å²) >= 11 is 6.19. The molecule has 0 aliphatic rings. The van der Waals surface area contributed by atoms with Crippen LogP contribution in [0, 0.1) is 0 Å². The van der Waals surface area contributed by atoms with Gasteiger partial charge in [-0.05, 0) is 37.1 Å². The molecule has 0 aromatic heterocycles. The van der Waals surface area contributed by atoms with Crippen molar-refractivity contribution in [3.05, 3.63) is 64.7 Å². The Bertz CT molecular complexity index is 540. The molecule has 0 aliphatic heterocycles. The zero-order chi connectivity index (χ0) is 13.8. The average molecular weight is 276 g/mol. The predicted octanol–water partition coefficient (Wildman–Crippen LogP) is 4.50. The molecule has 3 heteroatoms. The molecule has 0 radical (unpaired) electrons. The lowest BCUT2D eigenvalue weighted by molar-refractivity contribution is 0.227. The topological polar surface area (TPSA) is 35.2 Å². The van der Waals surface area contributed by atoms with E-state index >= 15 is 0 Å². The van der Waals surface area contributed by atoms with Gasteiger partial charge in [-0.3, -0.25) is 0 Å². The Labute approximate surface area is 119 Å². The lowest BCUT2D eigenvalue weighted by Gasteiger charge is -2.16. The fraction of sp³-hybridized carbons (Fsp3) is 0.250. The van der Waals surface area contributed by atoms with E-state index in [1.807, 2.05) is 62.4 Å². The van der Waals surface area contributed by atoms with Gasteiger partial charge < -0.3 is 10.5 Å². The summed E-state index contributed by atoms with van der Waals surface area (Å²) in [4.78, 5) is 0. The monoisotopic (exact) mass is 275 g/mol. The van der Waals surface area contributed by atoms with Crippen LogP contribution in [0.1, 0.15) is 37.1 Å². The summed E-state index contributed by atoms with van der Waals surface area (Å²) < 4.78 is 5.89. The number of ether oxygens (including phenoxy) is 1. The molecule has 2 aromatic rings. The minimum Gasteiger partial charge on any atom is -0.486 e. The normalized spacial score (nSPS) is 13.9. The van der Waals surface area contributed by atoms with E-state index in [4.69, 9.17) is 22.1 Å². The van der Waals surface area contributed by atoms with Gasteiger partial charge in [0.15, 0.2) is 0 Å². The Morgan fingerprint density at radius 1 is 1.05 bits per heavy atom. The average Bonchev–Trinajstić information content (AvgIpc) is 2.39. The largest absolute Gasteiger partial charge is 0.486 e. The van der Waals surface area contributed by atoms with Gasteiger partial charge in [-0.25, -0.2) is 0 Å². The molecule has 2 aromatic carbocycles. The van der Waals surface area contributed by atoms with Crippen molar-refractivity contribution in [1.29, 1.82) is 0 Å². The summed E-state index contributed by atoms with van der Waals surface area (Å²) in [5.41, 5.74) is 7.90. The highest BCUT2D eigenvalue weighted by Crippen LogP contribution is 2.29. The van der Waals surface area contributed by atoms with Gasteiger partial charge in [-0.1, -0.05) is 48.0 Å². The first-order valence-corrected chi connectivity index (χ1v) is 6.72. The van der Waals surface area contributed by atoms with Crippen molar-refractivity contribution in [1.82, 2.24) is 0 Å². The van der Waals surface area contributed by atoms with E-state index < -0.39 is 0 Å². The Hall–Kier alpha value is -1.51. The molecule has 2 atom stereocenters. The van der Waals surface area contributed by atoms with Gasteiger partial charge in [0.2, 0.25) is 0 Å². The summed E-state index contributed by atoms with van der Waals surface area (Å²) in [7, 11) is 0. The molecule has 0 heterocycles. The van der Waals surface area contributed by atoms with Gasteiger partial charge in [-0.2, -0.15) is 0 Å². The van der Waals surface area contributed by atoms with Crippen LogP contribution in [0.4, 0.5) is 0 Å². The second-order valence-corrected chi connectivity index (χ2v) is 5.05. The molecule has 0 spiro atoms. The van der Waals surface area contributed by atoms with Crippen LogP contribution in [-0.2, 0) is 0 Å². The zero-order valence-electron chi connectivity index (χ0n) is 11.1.